The van der Waals surface area contributed by atoms with Gasteiger partial charge in [0.15, 0.2) is 0 Å². The lowest BCUT2D eigenvalue weighted by atomic mass is 9.88. The zero-order chi connectivity index (χ0) is 12.3. The molecular weight excluding hydrogens is 204 g/mol. The summed E-state index contributed by atoms with van der Waals surface area (Å²) in [5, 5.41) is 0. The predicted molar refractivity (Wildman–Crippen MR) is 77.3 cm³/mol. The Balaban J connectivity index is 0.000000171. The van der Waals surface area contributed by atoms with E-state index in [0.717, 1.165) is 5.92 Å². The summed E-state index contributed by atoms with van der Waals surface area (Å²) in [4.78, 5) is 0. The Morgan fingerprint density at radius 2 is 1.59 bits per heavy atom. The Bertz CT molecular complexity index is 257. The summed E-state index contributed by atoms with van der Waals surface area (Å²) in [7, 11) is 0. The van der Waals surface area contributed by atoms with E-state index in [1.54, 1.807) is 0 Å². The van der Waals surface area contributed by atoms with E-state index < -0.39 is 0 Å². The summed E-state index contributed by atoms with van der Waals surface area (Å²) in [6.07, 6.45) is 11.4. The van der Waals surface area contributed by atoms with E-state index in [9.17, 15) is 0 Å². The Labute approximate surface area is 107 Å². The molecule has 1 fully saturated rings. The smallest absolute Gasteiger partial charge is 0.0281 e. The van der Waals surface area contributed by atoms with Crippen molar-refractivity contribution in [2.45, 2.75) is 65.2 Å². The number of hydrogen-bond acceptors (Lipinski definition) is 0. The van der Waals surface area contributed by atoms with Gasteiger partial charge in [-0.1, -0.05) is 89.1 Å². The molecule has 1 saturated carbocycles. The highest BCUT2D eigenvalue weighted by molar-refractivity contribution is 5.14. The Morgan fingerprint density at radius 1 is 0.941 bits per heavy atom. The molecule has 1 aromatic rings. The minimum absolute atomic E-state index is 1.09. The first-order chi connectivity index (χ1) is 8.36. The van der Waals surface area contributed by atoms with Crippen LogP contribution in [0.1, 0.15) is 64.4 Å². The Kier molecular flexibility index (Phi) is 7.79. The van der Waals surface area contributed by atoms with Crippen LogP contribution in [0.5, 0.6) is 0 Å². The van der Waals surface area contributed by atoms with E-state index in [2.05, 4.69) is 44.2 Å². The lowest BCUT2D eigenvalue weighted by Gasteiger charge is -2.18. The number of aryl methyl sites for hydroxylation is 1. The van der Waals surface area contributed by atoms with Crippen LogP contribution in [0.2, 0.25) is 0 Å². The largest absolute Gasteiger partial charge is 0.0651 e. The van der Waals surface area contributed by atoms with Crippen molar-refractivity contribution >= 4 is 0 Å². The molecule has 0 radical (unpaired) electrons. The SMILES string of the molecule is CCC1CCCCC1.CCCc1ccccc1. The van der Waals surface area contributed by atoms with Crippen molar-refractivity contribution in [3.8, 4) is 0 Å². The lowest BCUT2D eigenvalue weighted by molar-refractivity contribution is 0.349. The van der Waals surface area contributed by atoms with E-state index >= 15 is 0 Å². The first kappa shape index (κ1) is 14.3. The average molecular weight is 232 g/mol. The quantitative estimate of drug-likeness (QED) is 0.635. The van der Waals surface area contributed by atoms with Crippen molar-refractivity contribution < 1.29 is 0 Å². The zero-order valence-electron chi connectivity index (χ0n) is 11.6. The van der Waals surface area contributed by atoms with Gasteiger partial charge in [-0.3, -0.25) is 0 Å². The van der Waals surface area contributed by atoms with Gasteiger partial charge < -0.3 is 0 Å². The minimum atomic E-state index is 1.09. The molecule has 0 aliphatic heterocycles. The third-order valence-corrected chi connectivity index (χ3v) is 3.68. The summed E-state index contributed by atoms with van der Waals surface area (Å²) in [6.45, 7) is 4.52. The number of benzene rings is 1. The van der Waals surface area contributed by atoms with E-state index in [0.29, 0.717) is 0 Å². The highest BCUT2D eigenvalue weighted by Crippen LogP contribution is 2.25. The fourth-order valence-electron chi connectivity index (χ4n) is 2.53. The van der Waals surface area contributed by atoms with Gasteiger partial charge in [0, 0.05) is 0 Å². The Morgan fingerprint density at radius 3 is 2.06 bits per heavy atom. The van der Waals surface area contributed by atoms with Crippen LogP contribution in [0.15, 0.2) is 30.3 Å². The van der Waals surface area contributed by atoms with Gasteiger partial charge in [0.25, 0.3) is 0 Å². The standard InChI is InChI=1S/C9H12.C8H16/c1-2-6-9-7-4-3-5-8-9;1-2-8-6-4-3-5-7-8/h3-5,7-8H,2,6H2,1H3;8H,2-7H2,1H3. The van der Waals surface area contributed by atoms with Crippen LogP contribution in [0.4, 0.5) is 0 Å². The summed E-state index contributed by atoms with van der Waals surface area (Å²) in [6, 6.07) is 10.6. The fourth-order valence-corrected chi connectivity index (χ4v) is 2.53. The van der Waals surface area contributed by atoms with Gasteiger partial charge in [0.1, 0.15) is 0 Å². The predicted octanol–water partition coefficient (Wildman–Crippen LogP) is 5.62. The number of hydrogen-bond donors (Lipinski definition) is 0. The molecule has 0 saturated heterocycles. The minimum Gasteiger partial charge on any atom is -0.0651 e. The molecule has 0 N–H and O–H groups in total. The van der Waals surface area contributed by atoms with Gasteiger partial charge in [-0.15, -0.1) is 0 Å². The van der Waals surface area contributed by atoms with Crippen LogP contribution in [0, 0.1) is 5.92 Å². The van der Waals surface area contributed by atoms with Gasteiger partial charge in [0.05, 0.1) is 0 Å². The first-order valence-electron chi connectivity index (χ1n) is 7.40. The second kappa shape index (κ2) is 9.27. The van der Waals surface area contributed by atoms with Crippen molar-refractivity contribution in [3.63, 3.8) is 0 Å². The van der Waals surface area contributed by atoms with E-state index in [-0.39, 0.29) is 0 Å². The molecule has 1 aromatic carbocycles. The van der Waals surface area contributed by atoms with Crippen LogP contribution in [0.25, 0.3) is 0 Å². The molecule has 96 valence electrons. The average Bonchev–Trinajstić information content (AvgIpc) is 2.42. The van der Waals surface area contributed by atoms with Gasteiger partial charge >= 0.3 is 0 Å². The third-order valence-electron chi connectivity index (χ3n) is 3.68. The summed E-state index contributed by atoms with van der Waals surface area (Å²) in [5.74, 6) is 1.09. The van der Waals surface area contributed by atoms with E-state index in [4.69, 9.17) is 0 Å². The maximum absolute atomic E-state index is 2.32. The van der Waals surface area contributed by atoms with Crippen molar-refractivity contribution in [1.29, 1.82) is 0 Å². The lowest BCUT2D eigenvalue weighted by Crippen LogP contribution is -2.03. The second-order valence-electron chi connectivity index (χ2n) is 5.15. The van der Waals surface area contributed by atoms with Gasteiger partial charge in [0.2, 0.25) is 0 Å². The second-order valence-corrected chi connectivity index (χ2v) is 5.15. The third kappa shape index (κ3) is 6.51. The molecule has 0 nitrogen and oxygen atoms in total. The molecule has 0 unspecified atom stereocenters. The molecule has 0 bridgehead atoms. The molecule has 0 aromatic heterocycles. The van der Waals surface area contributed by atoms with E-state index in [1.807, 2.05) is 0 Å². The topological polar surface area (TPSA) is 0 Å². The summed E-state index contributed by atoms with van der Waals surface area (Å²) >= 11 is 0. The highest BCUT2D eigenvalue weighted by Gasteiger charge is 2.09. The van der Waals surface area contributed by atoms with Crippen LogP contribution in [-0.2, 0) is 6.42 Å². The molecular formula is C17H28. The zero-order valence-corrected chi connectivity index (χ0v) is 11.6. The summed E-state index contributed by atoms with van der Waals surface area (Å²) in [5.41, 5.74) is 1.44. The molecule has 0 heteroatoms. The van der Waals surface area contributed by atoms with Gasteiger partial charge in [-0.2, -0.15) is 0 Å². The molecule has 0 atom stereocenters. The van der Waals surface area contributed by atoms with Crippen LogP contribution in [0.3, 0.4) is 0 Å². The summed E-state index contributed by atoms with van der Waals surface area (Å²) < 4.78 is 0. The molecule has 17 heavy (non-hydrogen) atoms. The monoisotopic (exact) mass is 232 g/mol. The Hall–Kier alpha value is -0.780. The highest BCUT2D eigenvalue weighted by atomic mass is 14.2. The molecule has 0 heterocycles. The maximum Gasteiger partial charge on any atom is -0.0281 e. The molecule has 0 amide bonds. The molecule has 1 aliphatic carbocycles. The van der Waals surface area contributed by atoms with Crippen molar-refractivity contribution in [1.82, 2.24) is 0 Å². The normalized spacial score (nSPS) is 16.1. The van der Waals surface area contributed by atoms with Crippen molar-refractivity contribution in [2.24, 2.45) is 5.92 Å². The van der Waals surface area contributed by atoms with Crippen LogP contribution < -0.4 is 0 Å². The molecule has 1 aliphatic rings. The molecule has 0 spiro atoms. The first-order valence-corrected chi connectivity index (χ1v) is 7.40. The van der Waals surface area contributed by atoms with E-state index in [1.165, 1.54) is 56.9 Å². The van der Waals surface area contributed by atoms with Crippen molar-refractivity contribution in [3.05, 3.63) is 35.9 Å². The van der Waals surface area contributed by atoms with Crippen molar-refractivity contribution in [2.75, 3.05) is 0 Å². The van der Waals surface area contributed by atoms with Gasteiger partial charge in [-0.05, 0) is 17.9 Å². The van der Waals surface area contributed by atoms with Gasteiger partial charge in [-0.25, -0.2) is 0 Å². The van der Waals surface area contributed by atoms with Crippen LogP contribution >= 0.6 is 0 Å². The van der Waals surface area contributed by atoms with Crippen LogP contribution in [-0.4, -0.2) is 0 Å². The maximum atomic E-state index is 2.32. The molecule has 2 rings (SSSR count). The number of rotatable bonds is 3. The fraction of sp³-hybridized carbons (Fsp3) is 0.647.